The largest absolute Gasteiger partial charge is 0.347 e. The van der Waals surface area contributed by atoms with Crippen LogP contribution in [0.1, 0.15) is 37.4 Å². The smallest absolute Gasteiger partial charge is 0.244 e. The van der Waals surface area contributed by atoms with Gasteiger partial charge in [0.05, 0.1) is 28.0 Å². The van der Waals surface area contributed by atoms with Crippen molar-refractivity contribution in [3.05, 3.63) is 63.6 Å². The average Bonchev–Trinajstić information content (AvgIpc) is 2.62. The fourth-order valence-electron chi connectivity index (χ4n) is 2.94. The first-order chi connectivity index (χ1) is 13.0. The Balaban J connectivity index is 2.30. The molecule has 8 heteroatoms. The molecule has 0 saturated heterocycles. The number of nitrogens with one attached hydrogen (secondary N) is 1. The molecular weight excluding hydrogens is 419 g/mol. The normalized spacial score (nSPS) is 13.6. The van der Waals surface area contributed by atoms with E-state index in [0.717, 1.165) is 21.7 Å². The van der Waals surface area contributed by atoms with Gasteiger partial charge in [0, 0.05) is 0 Å². The summed E-state index contributed by atoms with van der Waals surface area (Å²) >= 11 is 12.0. The fraction of sp³-hybridized carbons (Fsp3) is 0.350. The molecule has 0 heterocycles. The van der Waals surface area contributed by atoms with Crippen molar-refractivity contribution in [1.29, 1.82) is 0 Å². The molecule has 0 fully saturated rings. The first-order valence-corrected chi connectivity index (χ1v) is 11.5. The number of carbonyl (C=O) groups excluding carboxylic acids is 1. The monoisotopic (exact) mass is 442 g/mol. The van der Waals surface area contributed by atoms with Gasteiger partial charge in [-0.2, -0.15) is 0 Å². The number of carbonyl (C=O) groups is 1. The summed E-state index contributed by atoms with van der Waals surface area (Å²) in [4.78, 5) is 12.9. The second kappa shape index (κ2) is 9.16. The van der Waals surface area contributed by atoms with Crippen LogP contribution in [0.25, 0.3) is 0 Å². The van der Waals surface area contributed by atoms with Crippen LogP contribution in [0.2, 0.25) is 10.0 Å². The van der Waals surface area contributed by atoms with Gasteiger partial charge in [-0.05, 0) is 44.0 Å². The van der Waals surface area contributed by atoms with Crippen LogP contribution in [0.5, 0.6) is 0 Å². The number of benzene rings is 2. The van der Waals surface area contributed by atoms with Gasteiger partial charge in [-0.1, -0.05) is 60.0 Å². The van der Waals surface area contributed by atoms with Crippen LogP contribution in [-0.2, 0) is 14.8 Å². The Bertz CT molecular complexity index is 946. The Hall–Kier alpha value is -1.76. The summed E-state index contributed by atoms with van der Waals surface area (Å²) in [5, 5.41) is 3.47. The zero-order valence-electron chi connectivity index (χ0n) is 16.2. The van der Waals surface area contributed by atoms with Crippen LogP contribution < -0.4 is 9.62 Å². The minimum atomic E-state index is -3.73. The summed E-state index contributed by atoms with van der Waals surface area (Å²) in [6.07, 6.45) is 1.73. The Morgan fingerprint density at radius 2 is 1.71 bits per heavy atom. The van der Waals surface area contributed by atoms with Crippen molar-refractivity contribution in [3.63, 3.8) is 0 Å². The third-order valence-corrected chi connectivity index (χ3v) is 6.43. The summed E-state index contributed by atoms with van der Waals surface area (Å²) in [5.41, 5.74) is 2.37. The van der Waals surface area contributed by atoms with Crippen molar-refractivity contribution in [1.82, 2.24) is 5.32 Å². The summed E-state index contributed by atoms with van der Waals surface area (Å²) in [6.45, 7) is 5.50. The fourth-order valence-corrected chi connectivity index (χ4v) is 4.40. The van der Waals surface area contributed by atoms with Gasteiger partial charge >= 0.3 is 0 Å². The van der Waals surface area contributed by atoms with E-state index in [9.17, 15) is 13.2 Å². The van der Waals surface area contributed by atoms with Crippen molar-refractivity contribution in [3.8, 4) is 0 Å². The van der Waals surface area contributed by atoms with E-state index in [4.69, 9.17) is 23.2 Å². The third kappa shape index (κ3) is 5.40. The minimum absolute atomic E-state index is 0.214. The van der Waals surface area contributed by atoms with E-state index >= 15 is 0 Å². The zero-order chi connectivity index (χ0) is 21.1. The molecule has 0 radical (unpaired) electrons. The maximum atomic E-state index is 12.9. The highest BCUT2D eigenvalue weighted by Crippen LogP contribution is 2.30. The molecule has 0 saturated carbocycles. The maximum Gasteiger partial charge on any atom is 0.244 e. The minimum Gasteiger partial charge on any atom is -0.347 e. The van der Waals surface area contributed by atoms with Gasteiger partial charge in [0.2, 0.25) is 15.9 Å². The number of anilines is 1. The summed E-state index contributed by atoms with van der Waals surface area (Å²) in [7, 11) is -3.73. The number of hydrogen-bond donors (Lipinski definition) is 1. The summed E-state index contributed by atoms with van der Waals surface area (Å²) < 4.78 is 25.9. The second-order valence-electron chi connectivity index (χ2n) is 6.71. The zero-order valence-corrected chi connectivity index (χ0v) is 18.6. The van der Waals surface area contributed by atoms with Gasteiger partial charge < -0.3 is 5.32 Å². The summed E-state index contributed by atoms with van der Waals surface area (Å²) in [6, 6.07) is 11.2. The number of hydrogen-bond acceptors (Lipinski definition) is 3. The lowest BCUT2D eigenvalue weighted by atomic mass is 10.0. The molecule has 0 aromatic heterocycles. The topological polar surface area (TPSA) is 66.5 Å². The van der Waals surface area contributed by atoms with Crippen LogP contribution in [0, 0.1) is 6.92 Å². The van der Waals surface area contributed by atoms with Crippen molar-refractivity contribution in [2.24, 2.45) is 0 Å². The Kier molecular flexibility index (Phi) is 7.37. The molecule has 28 heavy (non-hydrogen) atoms. The predicted molar refractivity (Wildman–Crippen MR) is 116 cm³/mol. The predicted octanol–water partition coefficient (Wildman–Crippen LogP) is 4.72. The number of halogens is 2. The lowest BCUT2D eigenvalue weighted by molar-refractivity contribution is -0.122. The lowest BCUT2D eigenvalue weighted by Gasteiger charge is -2.30. The molecule has 2 aromatic carbocycles. The van der Waals surface area contributed by atoms with Crippen LogP contribution in [0.3, 0.4) is 0 Å². The number of amides is 1. The van der Waals surface area contributed by atoms with E-state index in [1.807, 2.05) is 38.1 Å². The molecule has 1 amide bonds. The number of nitrogens with zero attached hydrogens (tertiary/aromatic N) is 1. The highest BCUT2D eigenvalue weighted by Gasteiger charge is 2.30. The van der Waals surface area contributed by atoms with E-state index in [2.05, 4.69) is 5.32 Å². The molecule has 2 aromatic rings. The molecule has 0 aliphatic rings. The first-order valence-electron chi connectivity index (χ1n) is 8.86. The third-order valence-electron chi connectivity index (χ3n) is 4.45. The van der Waals surface area contributed by atoms with E-state index in [0.29, 0.717) is 11.4 Å². The molecule has 2 atom stereocenters. The molecule has 1 N–H and O–H groups in total. The van der Waals surface area contributed by atoms with Crippen LogP contribution in [-0.4, -0.2) is 26.6 Å². The van der Waals surface area contributed by atoms with Crippen molar-refractivity contribution < 1.29 is 13.2 Å². The quantitative estimate of drug-likeness (QED) is 0.673. The Morgan fingerprint density at radius 1 is 1.11 bits per heavy atom. The molecule has 2 rings (SSSR count). The molecule has 0 bridgehead atoms. The van der Waals surface area contributed by atoms with E-state index in [1.165, 1.54) is 18.2 Å². The average molecular weight is 443 g/mol. The molecule has 0 aliphatic heterocycles. The molecule has 0 unspecified atom stereocenters. The van der Waals surface area contributed by atoms with Crippen molar-refractivity contribution >= 4 is 44.8 Å². The summed E-state index contributed by atoms with van der Waals surface area (Å²) in [5.74, 6) is -0.399. The van der Waals surface area contributed by atoms with Gasteiger partial charge in [0.15, 0.2) is 0 Å². The van der Waals surface area contributed by atoms with Gasteiger partial charge in [0.25, 0.3) is 0 Å². The number of aryl methyl sites for hydroxylation is 1. The van der Waals surface area contributed by atoms with Crippen molar-refractivity contribution in [2.75, 3.05) is 10.6 Å². The van der Waals surface area contributed by atoms with Gasteiger partial charge in [-0.15, -0.1) is 0 Å². The molecule has 0 spiro atoms. The lowest BCUT2D eigenvalue weighted by Crippen LogP contribution is -2.48. The van der Waals surface area contributed by atoms with Crippen molar-refractivity contribution in [2.45, 2.75) is 39.3 Å². The van der Waals surface area contributed by atoms with E-state index < -0.39 is 22.0 Å². The van der Waals surface area contributed by atoms with Crippen LogP contribution >= 0.6 is 23.2 Å². The number of rotatable bonds is 7. The standard InChI is InChI=1S/C20H24Cl2N2O3S/c1-5-19(15-8-6-13(2)7-9-15)23-20(25)14(3)24(28(4,26)27)16-10-11-17(21)18(22)12-16/h6-12,14,19H,5H2,1-4H3,(H,23,25)/t14-,19-/m1/s1. The molecular formula is C20H24Cl2N2O3S. The Labute approximate surface area is 176 Å². The highest BCUT2D eigenvalue weighted by atomic mass is 35.5. The highest BCUT2D eigenvalue weighted by molar-refractivity contribution is 7.92. The van der Waals surface area contributed by atoms with E-state index in [-0.39, 0.29) is 16.8 Å². The van der Waals surface area contributed by atoms with Gasteiger partial charge in [-0.25, -0.2) is 8.42 Å². The molecule has 0 aliphatic carbocycles. The SMILES string of the molecule is CC[C@@H](NC(=O)[C@@H](C)N(c1ccc(Cl)c(Cl)c1)S(C)(=O)=O)c1ccc(C)cc1. The van der Waals surface area contributed by atoms with Crippen LogP contribution in [0.15, 0.2) is 42.5 Å². The maximum absolute atomic E-state index is 12.9. The number of sulfonamides is 1. The van der Waals surface area contributed by atoms with Gasteiger partial charge in [-0.3, -0.25) is 9.10 Å². The van der Waals surface area contributed by atoms with Gasteiger partial charge in [0.1, 0.15) is 6.04 Å². The van der Waals surface area contributed by atoms with E-state index in [1.54, 1.807) is 6.92 Å². The first kappa shape index (κ1) is 22.5. The van der Waals surface area contributed by atoms with Crippen LogP contribution in [0.4, 0.5) is 5.69 Å². The second-order valence-corrected chi connectivity index (χ2v) is 9.39. The molecule has 152 valence electrons. The Morgan fingerprint density at radius 3 is 2.21 bits per heavy atom. The molecule has 5 nitrogen and oxygen atoms in total.